The molecule has 0 bridgehead atoms. The summed E-state index contributed by atoms with van der Waals surface area (Å²) in [5, 5.41) is 0. The number of ether oxygens (including phenoxy) is 1. The molecule has 9 heteroatoms. The van der Waals surface area contributed by atoms with E-state index in [9.17, 15) is 17.6 Å². The van der Waals surface area contributed by atoms with E-state index in [1.54, 1.807) is 52.1 Å². The number of hydrogen-bond donors (Lipinski definition) is 0. The average Bonchev–Trinajstić information content (AvgIpc) is 3.08. The van der Waals surface area contributed by atoms with E-state index < -0.39 is 27.5 Å². The first-order valence-electron chi connectivity index (χ1n) is 11.2. The van der Waals surface area contributed by atoms with Gasteiger partial charge in [0, 0.05) is 31.1 Å². The van der Waals surface area contributed by atoms with Crippen molar-refractivity contribution in [3.05, 3.63) is 58.9 Å². The van der Waals surface area contributed by atoms with Crippen molar-refractivity contribution in [1.29, 1.82) is 0 Å². The lowest BCUT2D eigenvalue weighted by Crippen LogP contribution is -2.33. The maximum Gasteiger partial charge on any atom is 0.410 e. The van der Waals surface area contributed by atoms with Gasteiger partial charge in [0.2, 0.25) is 0 Å². The highest BCUT2D eigenvalue weighted by atomic mass is 32.2. The molecule has 34 heavy (non-hydrogen) atoms. The molecule has 1 amide bonds. The molecule has 1 aliphatic rings. The molecule has 184 valence electrons. The summed E-state index contributed by atoms with van der Waals surface area (Å²) in [5.41, 5.74) is 0.164. The Morgan fingerprint density at radius 2 is 1.94 bits per heavy atom. The molecule has 0 spiro atoms. The van der Waals surface area contributed by atoms with Gasteiger partial charge in [0.05, 0.1) is 12.2 Å². The molecule has 2 aromatic rings. The number of benzene rings is 1. The zero-order chi connectivity index (χ0) is 25.3. The number of nitrogens with zero attached hydrogens (tertiary/aromatic N) is 3. The Bertz CT molecular complexity index is 1230. The van der Waals surface area contributed by atoms with Gasteiger partial charge in [-0.25, -0.2) is 21.6 Å². The van der Waals surface area contributed by atoms with Crippen molar-refractivity contribution in [3.8, 4) is 11.3 Å². The zero-order valence-corrected chi connectivity index (χ0v) is 21.3. The predicted octanol–water partition coefficient (Wildman–Crippen LogP) is 5.22. The van der Waals surface area contributed by atoms with Gasteiger partial charge in [0.25, 0.3) is 10.0 Å². The van der Waals surface area contributed by atoms with E-state index in [-0.39, 0.29) is 34.7 Å². The number of aliphatic imine (C=N–C) groups is 1. The standard InChI is InChI=1S/C25H32FN3O4S/c1-17-11-12-20(14-27-18(17)2)34(31,32)29-16-19(15-28(6)24(30)33-25(3,4)5)13-23(29)21-9-7-8-10-22(21)26/h7-10,12-14,16-18H,11,15H2,1-6H3/t17?,18-/m0/s1. The first-order valence-corrected chi connectivity index (χ1v) is 12.6. The Kier molecular flexibility index (Phi) is 7.35. The molecule has 3 rings (SSSR count). The van der Waals surface area contributed by atoms with E-state index in [0.717, 1.165) is 3.97 Å². The molecule has 1 aliphatic heterocycles. The molecule has 0 saturated carbocycles. The Morgan fingerprint density at radius 3 is 2.59 bits per heavy atom. The summed E-state index contributed by atoms with van der Waals surface area (Å²) in [6, 6.07) is 7.55. The summed E-state index contributed by atoms with van der Waals surface area (Å²) in [4.78, 5) is 18.2. The largest absolute Gasteiger partial charge is 0.444 e. The van der Waals surface area contributed by atoms with Crippen molar-refractivity contribution in [3.63, 3.8) is 0 Å². The van der Waals surface area contributed by atoms with Crippen LogP contribution in [-0.2, 0) is 21.3 Å². The molecule has 0 radical (unpaired) electrons. The monoisotopic (exact) mass is 489 g/mol. The number of halogens is 1. The van der Waals surface area contributed by atoms with E-state index in [2.05, 4.69) is 4.99 Å². The summed E-state index contributed by atoms with van der Waals surface area (Å²) in [6.45, 7) is 9.33. The van der Waals surface area contributed by atoms with Gasteiger partial charge >= 0.3 is 6.09 Å². The van der Waals surface area contributed by atoms with Crippen molar-refractivity contribution in [2.24, 2.45) is 10.9 Å². The molecule has 2 heterocycles. The third kappa shape index (κ3) is 5.75. The normalized spacial score (nSPS) is 18.9. The number of rotatable bonds is 5. The summed E-state index contributed by atoms with van der Waals surface area (Å²) in [7, 11) is -2.50. The topological polar surface area (TPSA) is 81.0 Å². The van der Waals surface area contributed by atoms with E-state index in [4.69, 9.17) is 4.74 Å². The van der Waals surface area contributed by atoms with Crippen molar-refractivity contribution in [2.45, 2.75) is 59.2 Å². The molecule has 0 N–H and O–H groups in total. The van der Waals surface area contributed by atoms with Crippen molar-refractivity contribution < 1.29 is 22.3 Å². The van der Waals surface area contributed by atoms with Gasteiger partial charge in [0.1, 0.15) is 16.3 Å². The van der Waals surface area contributed by atoms with Gasteiger partial charge in [-0.05, 0) is 63.8 Å². The molecular weight excluding hydrogens is 457 g/mol. The minimum absolute atomic E-state index is 0.0160. The van der Waals surface area contributed by atoms with Crippen molar-refractivity contribution >= 4 is 22.3 Å². The van der Waals surface area contributed by atoms with Gasteiger partial charge in [0.15, 0.2) is 0 Å². The predicted molar refractivity (Wildman–Crippen MR) is 132 cm³/mol. The van der Waals surface area contributed by atoms with Crippen LogP contribution < -0.4 is 0 Å². The van der Waals surface area contributed by atoms with Gasteiger partial charge < -0.3 is 9.64 Å². The molecule has 0 saturated heterocycles. The van der Waals surface area contributed by atoms with E-state index in [0.29, 0.717) is 12.0 Å². The van der Waals surface area contributed by atoms with Gasteiger partial charge in [-0.2, -0.15) is 0 Å². The quantitative estimate of drug-likeness (QED) is 0.577. The van der Waals surface area contributed by atoms with Gasteiger partial charge in [-0.15, -0.1) is 0 Å². The second-order valence-electron chi connectivity index (χ2n) is 9.69. The first-order chi connectivity index (χ1) is 15.8. The number of amides is 1. The average molecular weight is 490 g/mol. The molecule has 0 fully saturated rings. The van der Waals surface area contributed by atoms with Gasteiger partial charge in [-0.3, -0.25) is 4.99 Å². The number of aromatic nitrogens is 1. The molecule has 1 unspecified atom stereocenters. The second kappa shape index (κ2) is 9.74. The third-order valence-electron chi connectivity index (χ3n) is 5.63. The second-order valence-corrected chi connectivity index (χ2v) is 11.5. The van der Waals surface area contributed by atoms with Crippen molar-refractivity contribution in [2.75, 3.05) is 7.05 Å². The summed E-state index contributed by atoms with van der Waals surface area (Å²) < 4.78 is 48.5. The smallest absolute Gasteiger partial charge is 0.410 e. The SMILES string of the molecule is CC1CC=C(S(=O)(=O)n2cc(CN(C)C(=O)OC(C)(C)C)cc2-c2ccccc2F)C=N[C@H]1C. The lowest BCUT2D eigenvalue weighted by atomic mass is 10.0. The minimum atomic E-state index is -4.06. The number of carbonyl (C=O) groups excluding carboxylic acids is 1. The maximum atomic E-state index is 14.7. The van der Waals surface area contributed by atoms with Crippen LogP contribution in [0.3, 0.4) is 0 Å². The van der Waals surface area contributed by atoms with Crippen LogP contribution in [0.2, 0.25) is 0 Å². The highest BCUT2D eigenvalue weighted by Crippen LogP contribution is 2.30. The van der Waals surface area contributed by atoms with Crippen molar-refractivity contribution in [1.82, 2.24) is 8.87 Å². The van der Waals surface area contributed by atoms with E-state index in [1.165, 1.54) is 29.4 Å². The highest BCUT2D eigenvalue weighted by Gasteiger charge is 2.27. The molecule has 2 atom stereocenters. The Morgan fingerprint density at radius 1 is 1.26 bits per heavy atom. The molecular formula is C25H32FN3O4S. The first kappa shape index (κ1) is 25.7. The fraction of sp³-hybridized carbons (Fsp3) is 0.440. The van der Waals surface area contributed by atoms with Crippen LogP contribution in [-0.4, -0.2) is 48.3 Å². The fourth-order valence-electron chi connectivity index (χ4n) is 3.50. The fourth-order valence-corrected chi connectivity index (χ4v) is 4.91. The number of hydrogen-bond acceptors (Lipinski definition) is 5. The van der Waals surface area contributed by atoms with Crippen LogP contribution in [0.4, 0.5) is 9.18 Å². The Labute approximate surface area is 201 Å². The molecule has 7 nitrogen and oxygen atoms in total. The van der Waals surface area contributed by atoms with Crippen LogP contribution in [0.25, 0.3) is 11.3 Å². The summed E-state index contributed by atoms with van der Waals surface area (Å²) >= 11 is 0. The number of allylic oxidation sites excluding steroid dienone is 2. The molecule has 1 aromatic carbocycles. The van der Waals surface area contributed by atoms with Crippen LogP contribution in [0.15, 0.2) is 52.5 Å². The Balaban J connectivity index is 2.06. The third-order valence-corrected chi connectivity index (χ3v) is 7.31. The lowest BCUT2D eigenvalue weighted by Gasteiger charge is -2.24. The maximum absolute atomic E-state index is 14.7. The van der Waals surface area contributed by atoms with Crippen LogP contribution in [0.5, 0.6) is 0 Å². The zero-order valence-electron chi connectivity index (χ0n) is 20.4. The highest BCUT2D eigenvalue weighted by molar-refractivity contribution is 7.94. The summed E-state index contributed by atoms with van der Waals surface area (Å²) in [6.07, 6.45) is 4.47. The van der Waals surface area contributed by atoms with E-state index >= 15 is 0 Å². The minimum Gasteiger partial charge on any atom is -0.444 e. The molecule has 1 aromatic heterocycles. The number of carbonyl (C=O) groups is 1. The molecule has 0 aliphatic carbocycles. The van der Waals surface area contributed by atoms with Crippen LogP contribution in [0, 0.1) is 11.7 Å². The van der Waals surface area contributed by atoms with Gasteiger partial charge in [-0.1, -0.05) is 25.1 Å². The lowest BCUT2D eigenvalue weighted by molar-refractivity contribution is 0.0285. The summed E-state index contributed by atoms with van der Waals surface area (Å²) in [5.74, 6) is -0.354. The van der Waals surface area contributed by atoms with Crippen LogP contribution in [0.1, 0.15) is 46.6 Å². The van der Waals surface area contributed by atoms with E-state index in [1.807, 2.05) is 13.8 Å². The van der Waals surface area contributed by atoms with Crippen LogP contribution >= 0.6 is 0 Å². The Hall–Kier alpha value is -2.94.